The molecule has 1 amide bonds. The molecule has 2 aliphatic rings. The van der Waals surface area contributed by atoms with Gasteiger partial charge in [-0.1, -0.05) is 0 Å². The van der Waals surface area contributed by atoms with Crippen molar-refractivity contribution >= 4 is 27.6 Å². The van der Waals surface area contributed by atoms with Gasteiger partial charge in [0.1, 0.15) is 11.9 Å². The number of ether oxygens (including phenoxy) is 1. The highest BCUT2D eigenvalue weighted by Crippen LogP contribution is 2.36. The minimum absolute atomic E-state index is 0.00410. The Balaban J connectivity index is 1.41. The SMILES string of the molecule is CC(C)NC(=O)O[C@@H]1CC[C@H](c2cc(Nc3nccc4c3CS(=O)(=O)CC4)n[nH]2)C1. The summed E-state index contributed by atoms with van der Waals surface area (Å²) in [6, 6.07) is 3.84. The minimum atomic E-state index is -3.10. The lowest BCUT2D eigenvalue weighted by Crippen LogP contribution is -2.33. The topological polar surface area (TPSA) is 126 Å². The Morgan fingerprint density at radius 2 is 2.17 bits per heavy atom. The number of carbonyl (C=O) groups is 1. The van der Waals surface area contributed by atoms with Crippen LogP contribution < -0.4 is 10.6 Å². The van der Waals surface area contributed by atoms with E-state index in [1.165, 1.54) is 0 Å². The third-order valence-electron chi connectivity index (χ3n) is 5.55. The number of nitrogens with zero attached hydrogens (tertiary/aromatic N) is 2. The number of pyridine rings is 1. The number of H-pyrrole nitrogens is 1. The number of alkyl carbamates (subject to hydrolysis) is 1. The van der Waals surface area contributed by atoms with Gasteiger partial charge in [-0.2, -0.15) is 5.10 Å². The molecular formula is C20H27N5O4S. The fraction of sp³-hybridized carbons (Fsp3) is 0.550. The van der Waals surface area contributed by atoms with E-state index in [4.69, 9.17) is 4.74 Å². The molecule has 2 atom stereocenters. The summed E-state index contributed by atoms with van der Waals surface area (Å²) >= 11 is 0. The van der Waals surface area contributed by atoms with Crippen molar-refractivity contribution in [2.24, 2.45) is 0 Å². The van der Waals surface area contributed by atoms with Crippen LogP contribution in [0.3, 0.4) is 0 Å². The predicted octanol–water partition coefficient (Wildman–Crippen LogP) is 2.79. The van der Waals surface area contributed by atoms with Gasteiger partial charge in [-0.25, -0.2) is 18.2 Å². The number of sulfone groups is 1. The number of carbonyl (C=O) groups excluding carboxylic acids is 1. The number of aryl methyl sites for hydroxylation is 1. The molecule has 0 spiro atoms. The lowest BCUT2D eigenvalue weighted by molar-refractivity contribution is 0.0981. The molecule has 1 saturated carbocycles. The number of aromatic nitrogens is 3. The van der Waals surface area contributed by atoms with Crippen LogP contribution in [0.25, 0.3) is 0 Å². The summed E-state index contributed by atoms with van der Waals surface area (Å²) in [5, 5.41) is 13.3. The number of fused-ring (bicyclic) bond motifs is 1. The molecule has 2 aromatic rings. The van der Waals surface area contributed by atoms with Crippen molar-refractivity contribution in [3.05, 3.63) is 35.2 Å². The molecule has 1 fully saturated rings. The molecule has 10 heteroatoms. The van der Waals surface area contributed by atoms with Crippen LogP contribution in [0.15, 0.2) is 18.3 Å². The molecule has 3 N–H and O–H groups in total. The summed E-state index contributed by atoms with van der Waals surface area (Å²) in [4.78, 5) is 16.1. The Labute approximate surface area is 175 Å². The van der Waals surface area contributed by atoms with Crippen LogP contribution in [0.5, 0.6) is 0 Å². The van der Waals surface area contributed by atoms with Crippen molar-refractivity contribution in [1.29, 1.82) is 0 Å². The molecule has 2 aromatic heterocycles. The van der Waals surface area contributed by atoms with Gasteiger partial charge >= 0.3 is 6.09 Å². The van der Waals surface area contributed by atoms with E-state index in [2.05, 4.69) is 25.8 Å². The van der Waals surface area contributed by atoms with Crippen LogP contribution in [0, 0.1) is 0 Å². The summed E-state index contributed by atoms with van der Waals surface area (Å²) in [6.45, 7) is 3.79. The van der Waals surface area contributed by atoms with E-state index in [0.717, 1.165) is 36.1 Å². The third kappa shape index (κ3) is 4.75. The highest BCUT2D eigenvalue weighted by Gasteiger charge is 2.30. The second-order valence-electron chi connectivity index (χ2n) is 8.31. The molecule has 4 rings (SSSR count). The molecule has 0 saturated heterocycles. The van der Waals surface area contributed by atoms with Gasteiger partial charge < -0.3 is 15.4 Å². The average Bonchev–Trinajstić information content (AvgIpc) is 3.30. The minimum Gasteiger partial charge on any atom is -0.446 e. The van der Waals surface area contributed by atoms with E-state index < -0.39 is 9.84 Å². The van der Waals surface area contributed by atoms with Gasteiger partial charge in [-0.3, -0.25) is 5.10 Å². The fourth-order valence-corrected chi connectivity index (χ4v) is 5.51. The Bertz CT molecular complexity index is 1030. The summed E-state index contributed by atoms with van der Waals surface area (Å²) < 4.78 is 29.6. The normalized spacial score (nSPS) is 22.5. The molecule has 162 valence electrons. The number of rotatable bonds is 5. The maximum Gasteiger partial charge on any atom is 0.407 e. The first kappa shape index (κ1) is 20.6. The molecule has 3 heterocycles. The fourth-order valence-electron chi connectivity index (χ4n) is 4.07. The van der Waals surface area contributed by atoms with Crippen LogP contribution in [0.2, 0.25) is 0 Å². The zero-order chi connectivity index (χ0) is 21.3. The van der Waals surface area contributed by atoms with Gasteiger partial charge in [0.05, 0.1) is 11.5 Å². The van der Waals surface area contributed by atoms with Crippen LogP contribution in [0.1, 0.15) is 55.8 Å². The zero-order valence-corrected chi connectivity index (χ0v) is 18.0. The smallest absolute Gasteiger partial charge is 0.407 e. The first-order valence-corrected chi connectivity index (χ1v) is 12.1. The quantitative estimate of drug-likeness (QED) is 0.662. The van der Waals surface area contributed by atoms with Gasteiger partial charge in [-0.05, 0) is 51.2 Å². The summed E-state index contributed by atoms with van der Waals surface area (Å²) in [6.07, 6.45) is 4.16. The Kier molecular flexibility index (Phi) is 5.68. The van der Waals surface area contributed by atoms with Crippen molar-refractivity contribution in [1.82, 2.24) is 20.5 Å². The summed E-state index contributed by atoms with van der Waals surface area (Å²) in [7, 11) is -3.10. The highest BCUT2D eigenvalue weighted by molar-refractivity contribution is 7.90. The Morgan fingerprint density at radius 1 is 1.33 bits per heavy atom. The van der Waals surface area contributed by atoms with E-state index in [-0.39, 0.29) is 35.7 Å². The first-order chi connectivity index (χ1) is 14.3. The summed E-state index contributed by atoms with van der Waals surface area (Å²) in [5.41, 5.74) is 2.69. The van der Waals surface area contributed by atoms with Crippen LogP contribution >= 0.6 is 0 Å². The van der Waals surface area contributed by atoms with Gasteiger partial charge in [0.25, 0.3) is 0 Å². The van der Waals surface area contributed by atoms with Gasteiger partial charge in [0, 0.05) is 35.5 Å². The molecule has 1 aliphatic carbocycles. The largest absolute Gasteiger partial charge is 0.446 e. The number of hydrogen-bond acceptors (Lipinski definition) is 7. The van der Waals surface area contributed by atoms with Crippen molar-refractivity contribution in [3.8, 4) is 0 Å². The van der Waals surface area contributed by atoms with Crippen molar-refractivity contribution in [3.63, 3.8) is 0 Å². The first-order valence-electron chi connectivity index (χ1n) is 10.3. The van der Waals surface area contributed by atoms with Gasteiger partial charge in [0.15, 0.2) is 15.7 Å². The lowest BCUT2D eigenvalue weighted by atomic mass is 10.0. The van der Waals surface area contributed by atoms with E-state index in [0.29, 0.717) is 18.1 Å². The van der Waals surface area contributed by atoms with Crippen molar-refractivity contribution in [2.45, 2.75) is 63.3 Å². The molecule has 0 radical (unpaired) electrons. The van der Waals surface area contributed by atoms with E-state index in [1.54, 1.807) is 6.20 Å². The average molecular weight is 434 g/mol. The molecule has 1 aliphatic heterocycles. The predicted molar refractivity (Wildman–Crippen MR) is 112 cm³/mol. The van der Waals surface area contributed by atoms with E-state index in [1.807, 2.05) is 26.0 Å². The number of nitrogens with one attached hydrogen (secondary N) is 3. The second kappa shape index (κ2) is 8.25. The second-order valence-corrected chi connectivity index (χ2v) is 10.5. The monoisotopic (exact) mass is 433 g/mol. The lowest BCUT2D eigenvalue weighted by Gasteiger charge is -2.18. The zero-order valence-electron chi connectivity index (χ0n) is 17.1. The van der Waals surface area contributed by atoms with Crippen molar-refractivity contribution in [2.75, 3.05) is 11.1 Å². The maximum atomic E-state index is 12.0. The van der Waals surface area contributed by atoms with Crippen molar-refractivity contribution < 1.29 is 17.9 Å². The Morgan fingerprint density at radius 3 is 2.97 bits per heavy atom. The molecule has 30 heavy (non-hydrogen) atoms. The standard InChI is InChI=1S/C20H27N5O4S/c1-12(2)22-20(26)29-15-4-3-14(9-15)17-10-18(25-24-17)23-19-16-11-30(27,28)8-6-13(16)5-7-21-19/h5,7,10,12,14-15H,3-4,6,8-9,11H2,1-2H3,(H,22,26)(H2,21,23,24,25)/t14-,15+/m0/s1. The maximum absolute atomic E-state index is 12.0. The number of aromatic amines is 1. The molecule has 9 nitrogen and oxygen atoms in total. The number of anilines is 2. The van der Waals surface area contributed by atoms with Crippen LogP contribution in [-0.2, 0) is 26.7 Å². The number of amides is 1. The summed E-state index contributed by atoms with van der Waals surface area (Å²) in [5.74, 6) is 1.52. The highest BCUT2D eigenvalue weighted by atomic mass is 32.2. The number of hydrogen-bond donors (Lipinski definition) is 3. The van der Waals surface area contributed by atoms with E-state index >= 15 is 0 Å². The van der Waals surface area contributed by atoms with Crippen LogP contribution in [0.4, 0.5) is 16.4 Å². The molecular weight excluding hydrogens is 406 g/mol. The Hall–Kier alpha value is -2.62. The van der Waals surface area contributed by atoms with Crippen LogP contribution in [-0.4, -0.2) is 47.6 Å². The molecule has 0 aromatic carbocycles. The van der Waals surface area contributed by atoms with Gasteiger partial charge in [-0.15, -0.1) is 0 Å². The third-order valence-corrected chi connectivity index (χ3v) is 7.10. The molecule has 0 unspecified atom stereocenters. The van der Waals surface area contributed by atoms with E-state index in [9.17, 15) is 13.2 Å². The van der Waals surface area contributed by atoms with Gasteiger partial charge in [0.2, 0.25) is 0 Å². The molecule has 0 bridgehead atoms.